The van der Waals surface area contributed by atoms with Gasteiger partial charge in [0.25, 0.3) is 11.6 Å². The molecule has 0 saturated heterocycles. The monoisotopic (exact) mass is 411 g/mol. The first kappa shape index (κ1) is 19.1. The van der Waals surface area contributed by atoms with Crippen LogP contribution in [0, 0.1) is 10.1 Å². The third-order valence-corrected chi connectivity index (χ3v) is 5.15. The fourth-order valence-electron chi connectivity index (χ4n) is 3.45. The molecule has 1 aliphatic rings. The fraction of sp³-hybridized carbons (Fsp3) is 0.250. The molecule has 0 saturated carbocycles. The van der Waals surface area contributed by atoms with E-state index >= 15 is 0 Å². The highest BCUT2D eigenvalue weighted by atomic mass is 35.5. The Bertz CT molecular complexity index is 1080. The number of nitrogens with one attached hydrogen (secondary N) is 1. The van der Waals surface area contributed by atoms with Crippen molar-refractivity contribution in [2.24, 2.45) is 0 Å². The lowest BCUT2D eigenvalue weighted by Gasteiger charge is -2.09. The lowest BCUT2D eigenvalue weighted by atomic mass is 10.1. The Kier molecular flexibility index (Phi) is 5.26. The molecule has 1 N–H and O–H groups in total. The van der Waals surface area contributed by atoms with Gasteiger partial charge in [-0.15, -0.1) is 10.2 Å². The molecule has 0 bridgehead atoms. The van der Waals surface area contributed by atoms with Crippen molar-refractivity contribution in [3.05, 3.63) is 69.0 Å². The number of rotatable bonds is 4. The summed E-state index contributed by atoms with van der Waals surface area (Å²) in [5, 5.41) is 22.7. The Balaban J connectivity index is 1.55. The molecule has 0 aliphatic carbocycles. The maximum absolute atomic E-state index is 12.5. The number of halogens is 1. The molecule has 9 heteroatoms. The molecule has 1 aromatic heterocycles. The van der Waals surface area contributed by atoms with Gasteiger partial charge in [-0.2, -0.15) is 0 Å². The van der Waals surface area contributed by atoms with Crippen LogP contribution in [0.25, 0.3) is 11.4 Å². The maximum atomic E-state index is 12.5. The van der Waals surface area contributed by atoms with Crippen LogP contribution in [-0.4, -0.2) is 25.6 Å². The van der Waals surface area contributed by atoms with Crippen molar-refractivity contribution in [2.75, 3.05) is 5.32 Å². The van der Waals surface area contributed by atoms with E-state index in [1.807, 2.05) is 12.1 Å². The number of nitro benzene ring substituents is 1. The molecule has 0 spiro atoms. The van der Waals surface area contributed by atoms with Gasteiger partial charge in [0, 0.05) is 35.3 Å². The van der Waals surface area contributed by atoms with Gasteiger partial charge in [-0.05, 0) is 49.2 Å². The van der Waals surface area contributed by atoms with Crippen LogP contribution in [0.4, 0.5) is 11.4 Å². The number of hydrogen-bond acceptors (Lipinski definition) is 5. The molecule has 3 aromatic rings. The number of amides is 1. The largest absolute Gasteiger partial charge is 0.322 e. The number of aryl methyl sites for hydroxylation is 1. The summed E-state index contributed by atoms with van der Waals surface area (Å²) in [5.74, 6) is 1.25. The van der Waals surface area contributed by atoms with E-state index in [-0.39, 0.29) is 16.3 Å². The number of hydrogen-bond donors (Lipinski definition) is 1. The second-order valence-electron chi connectivity index (χ2n) is 6.85. The predicted molar refractivity (Wildman–Crippen MR) is 109 cm³/mol. The van der Waals surface area contributed by atoms with E-state index in [9.17, 15) is 14.9 Å². The molecule has 1 aliphatic heterocycles. The van der Waals surface area contributed by atoms with Gasteiger partial charge in [0.15, 0.2) is 5.82 Å². The zero-order valence-electron chi connectivity index (χ0n) is 15.5. The Hall–Kier alpha value is -3.26. The first-order chi connectivity index (χ1) is 14.0. The van der Waals surface area contributed by atoms with Crippen molar-refractivity contribution in [1.82, 2.24) is 14.8 Å². The highest BCUT2D eigenvalue weighted by Gasteiger charge is 2.21. The molecule has 29 heavy (non-hydrogen) atoms. The Labute approximate surface area is 171 Å². The van der Waals surface area contributed by atoms with Gasteiger partial charge in [0.05, 0.1) is 4.92 Å². The Morgan fingerprint density at radius 3 is 2.66 bits per heavy atom. The van der Waals surface area contributed by atoms with Crippen LogP contribution in [0.3, 0.4) is 0 Å². The summed E-state index contributed by atoms with van der Waals surface area (Å²) < 4.78 is 2.15. The van der Waals surface area contributed by atoms with E-state index in [0.29, 0.717) is 5.69 Å². The van der Waals surface area contributed by atoms with Gasteiger partial charge < -0.3 is 9.88 Å². The number of anilines is 1. The number of benzene rings is 2. The van der Waals surface area contributed by atoms with Gasteiger partial charge in [-0.3, -0.25) is 14.9 Å². The topological polar surface area (TPSA) is 103 Å². The van der Waals surface area contributed by atoms with Crippen molar-refractivity contribution >= 4 is 28.9 Å². The van der Waals surface area contributed by atoms with Crippen molar-refractivity contribution in [2.45, 2.75) is 32.2 Å². The van der Waals surface area contributed by atoms with E-state index in [1.54, 1.807) is 12.1 Å². The summed E-state index contributed by atoms with van der Waals surface area (Å²) in [4.78, 5) is 23.1. The maximum Gasteiger partial charge on any atom is 0.283 e. The Morgan fingerprint density at radius 2 is 1.90 bits per heavy atom. The number of aromatic nitrogens is 3. The van der Waals surface area contributed by atoms with Gasteiger partial charge in [0.1, 0.15) is 11.4 Å². The second-order valence-corrected chi connectivity index (χ2v) is 7.29. The molecule has 0 fully saturated rings. The standard InChI is InChI=1S/C20H18ClN5O3/c21-14-7-10-16(17(12-14)26(28)29)20(27)22-15-8-5-13(6-9-15)19-24-23-18-4-2-1-3-11-25(18)19/h5-10,12H,1-4,11H2,(H,22,27). The number of carbonyl (C=O) groups excluding carboxylic acids is 1. The summed E-state index contributed by atoms with van der Waals surface area (Å²) in [6.07, 6.45) is 4.34. The fourth-order valence-corrected chi connectivity index (χ4v) is 3.61. The van der Waals surface area contributed by atoms with Crippen molar-refractivity contribution in [3.63, 3.8) is 0 Å². The lowest BCUT2D eigenvalue weighted by molar-refractivity contribution is -0.385. The Morgan fingerprint density at radius 1 is 1.10 bits per heavy atom. The van der Waals surface area contributed by atoms with Crippen molar-refractivity contribution in [3.8, 4) is 11.4 Å². The number of carbonyl (C=O) groups is 1. The van der Waals surface area contributed by atoms with Crippen LogP contribution in [0.5, 0.6) is 0 Å². The van der Waals surface area contributed by atoms with E-state index < -0.39 is 10.8 Å². The van der Waals surface area contributed by atoms with Gasteiger partial charge in [-0.1, -0.05) is 18.0 Å². The predicted octanol–water partition coefficient (Wildman–Crippen LogP) is 4.49. The van der Waals surface area contributed by atoms with Crippen LogP contribution >= 0.6 is 11.6 Å². The SMILES string of the molecule is O=C(Nc1ccc(-c2nnc3n2CCCCC3)cc1)c1ccc(Cl)cc1[N+](=O)[O-]. The summed E-state index contributed by atoms with van der Waals surface area (Å²) in [5.41, 5.74) is 1.05. The van der Waals surface area contributed by atoms with Crippen molar-refractivity contribution < 1.29 is 9.72 Å². The first-order valence-corrected chi connectivity index (χ1v) is 9.68. The van der Waals surface area contributed by atoms with Crippen LogP contribution in [0.15, 0.2) is 42.5 Å². The molecule has 2 aromatic carbocycles. The summed E-state index contributed by atoms with van der Waals surface area (Å²) in [6.45, 7) is 0.899. The highest BCUT2D eigenvalue weighted by Crippen LogP contribution is 2.26. The molecule has 0 unspecified atom stereocenters. The minimum Gasteiger partial charge on any atom is -0.322 e. The molecule has 2 heterocycles. The molecule has 8 nitrogen and oxygen atoms in total. The van der Waals surface area contributed by atoms with Gasteiger partial charge in [0.2, 0.25) is 0 Å². The van der Waals surface area contributed by atoms with Crippen LogP contribution in [0.2, 0.25) is 5.02 Å². The van der Waals surface area contributed by atoms with Crippen LogP contribution in [-0.2, 0) is 13.0 Å². The zero-order chi connectivity index (χ0) is 20.4. The highest BCUT2D eigenvalue weighted by molar-refractivity contribution is 6.31. The molecule has 1 amide bonds. The summed E-state index contributed by atoms with van der Waals surface area (Å²) in [6, 6.07) is 11.2. The quantitative estimate of drug-likeness (QED) is 0.503. The third-order valence-electron chi connectivity index (χ3n) is 4.91. The van der Waals surface area contributed by atoms with Crippen LogP contribution < -0.4 is 5.32 Å². The minimum atomic E-state index is -0.624. The molecule has 148 valence electrons. The number of nitro groups is 1. The molecule has 0 atom stereocenters. The average Bonchev–Trinajstić information content (AvgIpc) is 2.96. The van der Waals surface area contributed by atoms with E-state index in [2.05, 4.69) is 20.1 Å². The average molecular weight is 412 g/mol. The summed E-state index contributed by atoms with van der Waals surface area (Å²) >= 11 is 5.80. The number of fused-ring (bicyclic) bond motifs is 1. The summed E-state index contributed by atoms with van der Waals surface area (Å²) in [7, 11) is 0. The smallest absolute Gasteiger partial charge is 0.283 e. The van der Waals surface area contributed by atoms with Crippen LogP contribution in [0.1, 0.15) is 35.4 Å². The molecular weight excluding hydrogens is 394 g/mol. The van der Waals surface area contributed by atoms with E-state index in [4.69, 9.17) is 11.6 Å². The zero-order valence-corrected chi connectivity index (χ0v) is 16.2. The second kappa shape index (κ2) is 8.00. The van der Waals surface area contributed by atoms with Crippen molar-refractivity contribution in [1.29, 1.82) is 0 Å². The minimum absolute atomic E-state index is 0.0498. The molecular formula is C20H18ClN5O3. The normalized spacial score (nSPS) is 13.4. The van der Waals surface area contributed by atoms with Gasteiger partial charge >= 0.3 is 0 Å². The lowest BCUT2D eigenvalue weighted by Crippen LogP contribution is -2.14. The van der Waals surface area contributed by atoms with E-state index in [0.717, 1.165) is 49.1 Å². The third kappa shape index (κ3) is 3.97. The molecule has 0 radical (unpaired) electrons. The first-order valence-electron chi connectivity index (χ1n) is 9.31. The van der Waals surface area contributed by atoms with Gasteiger partial charge in [-0.25, -0.2) is 0 Å². The molecule has 4 rings (SSSR count). The van der Waals surface area contributed by atoms with E-state index in [1.165, 1.54) is 18.6 Å². The number of nitrogens with zero attached hydrogens (tertiary/aromatic N) is 4.